The summed E-state index contributed by atoms with van der Waals surface area (Å²) in [5, 5.41) is 4.44. The van der Waals surface area contributed by atoms with Crippen LogP contribution in [0.5, 0.6) is 0 Å². The predicted octanol–water partition coefficient (Wildman–Crippen LogP) is 1.82. The normalized spacial score (nSPS) is 19.6. The summed E-state index contributed by atoms with van der Waals surface area (Å²) in [4.78, 5) is 2.49. The van der Waals surface area contributed by atoms with E-state index in [2.05, 4.69) is 30.0 Å². The second-order valence-corrected chi connectivity index (χ2v) is 6.03. The van der Waals surface area contributed by atoms with Gasteiger partial charge in [-0.2, -0.15) is 5.10 Å². The van der Waals surface area contributed by atoms with E-state index in [1.807, 2.05) is 10.9 Å². The average Bonchev–Trinajstić information content (AvgIpc) is 2.92. The third kappa shape index (κ3) is 3.59. The minimum Gasteiger partial charge on any atom is -0.384 e. The molecule has 0 aliphatic carbocycles. The molecule has 0 amide bonds. The largest absolute Gasteiger partial charge is 0.384 e. The zero-order valence-corrected chi connectivity index (χ0v) is 13.0. The van der Waals surface area contributed by atoms with Gasteiger partial charge in [0, 0.05) is 38.1 Å². The minimum absolute atomic E-state index is 0.297. The van der Waals surface area contributed by atoms with E-state index < -0.39 is 0 Å². The van der Waals surface area contributed by atoms with E-state index in [4.69, 9.17) is 10.5 Å². The SMILES string of the molecule is COCC1CCN(C(CN)c2cnn(C(C)C)c2)CC1. The monoisotopic (exact) mass is 280 g/mol. The topological polar surface area (TPSA) is 56.3 Å². The highest BCUT2D eigenvalue weighted by atomic mass is 16.5. The number of piperidine rings is 1. The lowest BCUT2D eigenvalue weighted by atomic mass is 9.95. The van der Waals surface area contributed by atoms with Gasteiger partial charge in [-0.05, 0) is 45.7 Å². The van der Waals surface area contributed by atoms with Crippen molar-refractivity contribution >= 4 is 0 Å². The van der Waals surface area contributed by atoms with Crippen LogP contribution in [0.1, 0.15) is 44.3 Å². The maximum absolute atomic E-state index is 6.01. The number of hydrogen-bond acceptors (Lipinski definition) is 4. The molecule has 0 saturated carbocycles. The van der Waals surface area contributed by atoms with E-state index in [1.54, 1.807) is 7.11 Å². The first-order valence-electron chi connectivity index (χ1n) is 7.62. The highest BCUT2D eigenvalue weighted by Crippen LogP contribution is 2.26. The molecule has 0 spiro atoms. The molecule has 1 unspecified atom stereocenters. The Balaban J connectivity index is 1.98. The molecule has 0 aromatic carbocycles. The van der Waals surface area contributed by atoms with E-state index in [0.717, 1.165) is 19.7 Å². The molecule has 1 atom stereocenters. The second-order valence-electron chi connectivity index (χ2n) is 6.03. The smallest absolute Gasteiger partial charge is 0.0538 e. The highest BCUT2D eigenvalue weighted by molar-refractivity contribution is 5.12. The number of rotatable bonds is 6. The molecule has 2 rings (SSSR count). The summed E-state index contributed by atoms with van der Waals surface area (Å²) < 4.78 is 7.27. The summed E-state index contributed by atoms with van der Waals surface area (Å²) in [5.74, 6) is 0.702. The fourth-order valence-electron chi connectivity index (χ4n) is 2.97. The van der Waals surface area contributed by atoms with Gasteiger partial charge in [0.25, 0.3) is 0 Å². The molecular formula is C15H28N4O. The maximum Gasteiger partial charge on any atom is 0.0538 e. The zero-order chi connectivity index (χ0) is 14.5. The molecule has 114 valence electrons. The molecule has 2 heterocycles. The highest BCUT2D eigenvalue weighted by Gasteiger charge is 2.26. The van der Waals surface area contributed by atoms with Crippen molar-refractivity contribution in [2.75, 3.05) is 33.4 Å². The lowest BCUT2D eigenvalue weighted by molar-refractivity contribution is 0.0810. The van der Waals surface area contributed by atoms with Crippen molar-refractivity contribution in [3.05, 3.63) is 18.0 Å². The van der Waals surface area contributed by atoms with Crippen LogP contribution in [0.3, 0.4) is 0 Å². The van der Waals surface area contributed by atoms with Gasteiger partial charge >= 0.3 is 0 Å². The molecule has 5 nitrogen and oxygen atoms in total. The summed E-state index contributed by atoms with van der Waals surface area (Å²) in [6.07, 6.45) is 6.51. The van der Waals surface area contributed by atoms with Crippen LogP contribution in [-0.4, -0.2) is 48.0 Å². The van der Waals surface area contributed by atoms with Gasteiger partial charge in [0.1, 0.15) is 0 Å². The molecule has 0 radical (unpaired) electrons. The van der Waals surface area contributed by atoms with Crippen LogP contribution in [0.25, 0.3) is 0 Å². The number of likely N-dealkylation sites (tertiary alicyclic amines) is 1. The van der Waals surface area contributed by atoms with Crippen LogP contribution < -0.4 is 5.73 Å². The van der Waals surface area contributed by atoms with Gasteiger partial charge < -0.3 is 10.5 Å². The Morgan fingerprint density at radius 3 is 2.60 bits per heavy atom. The summed E-state index contributed by atoms with van der Waals surface area (Å²) >= 11 is 0. The standard InChI is InChI=1S/C15H28N4O/c1-12(2)19-10-14(9-17-19)15(8-16)18-6-4-13(5-7-18)11-20-3/h9-10,12-13,15H,4-8,11,16H2,1-3H3. The van der Waals surface area contributed by atoms with Crippen molar-refractivity contribution in [1.29, 1.82) is 0 Å². The van der Waals surface area contributed by atoms with Gasteiger partial charge in [0.05, 0.1) is 12.2 Å². The van der Waals surface area contributed by atoms with Gasteiger partial charge in [-0.3, -0.25) is 9.58 Å². The molecule has 5 heteroatoms. The summed E-state index contributed by atoms with van der Waals surface area (Å²) in [6.45, 7) is 8.02. The van der Waals surface area contributed by atoms with E-state index in [0.29, 0.717) is 24.5 Å². The average molecular weight is 280 g/mol. The van der Waals surface area contributed by atoms with Crippen LogP contribution in [0.15, 0.2) is 12.4 Å². The lowest BCUT2D eigenvalue weighted by Gasteiger charge is -2.36. The third-order valence-corrected chi connectivity index (χ3v) is 4.25. The Hall–Kier alpha value is -0.910. The van der Waals surface area contributed by atoms with Crippen molar-refractivity contribution in [2.24, 2.45) is 11.7 Å². The van der Waals surface area contributed by atoms with Crippen LogP contribution in [0.2, 0.25) is 0 Å². The number of nitrogens with zero attached hydrogens (tertiary/aromatic N) is 3. The van der Waals surface area contributed by atoms with Crippen LogP contribution in [0.4, 0.5) is 0 Å². The molecule has 1 aromatic heterocycles. The van der Waals surface area contributed by atoms with Crippen molar-refractivity contribution in [3.63, 3.8) is 0 Å². The summed E-state index contributed by atoms with van der Waals surface area (Å²) in [7, 11) is 1.79. The van der Waals surface area contributed by atoms with Gasteiger partial charge in [0.15, 0.2) is 0 Å². The zero-order valence-electron chi connectivity index (χ0n) is 13.0. The molecule has 1 saturated heterocycles. The number of ether oxygens (including phenoxy) is 1. The molecular weight excluding hydrogens is 252 g/mol. The lowest BCUT2D eigenvalue weighted by Crippen LogP contribution is -2.40. The number of nitrogens with two attached hydrogens (primary N) is 1. The predicted molar refractivity (Wildman–Crippen MR) is 80.6 cm³/mol. The fraction of sp³-hybridized carbons (Fsp3) is 0.800. The number of aromatic nitrogens is 2. The molecule has 0 bridgehead atoms. The van der Waals surface area contributed by atoms with Crippen LogP contribution in [0, 0.1) is 5.92 Å². The Morgan fingerprint density at radius 1 is 1.40 bits per heavy atom. The van der Waals surface area contributed by atoms with E-state index in [9.17, 15) is 0 Å². The first kappa shape index (κ1) is 15.5. The number of methoxy groups -OCH3 is 1. The van der Waals surface area contributed by atoms with Gasteiger partial charge in [-0.1, -0.05) is 0 Å². The van der Waals surface area contributed by atoms with E-state index in [-0.39, 0.29) is 0 Å². The van der Waals surface area contributed by atoms with Crippen molar-refractivity contribution in [1.82, 2.24) is 14.7 Å². The van der Waals surface area contributed by atoms with Crippen molar-refractivity contribution in [2.45, 2.75) is 38.8 Å². The first-order chi connectivity index (χ1) is 9.65. The number of hydrogen-bond donors (Lipinski definition) is 1. The molecule has 20 heavy (non-hydrogen) atoms. The molecule has 1 aliphatic rings. The maximum atomic E-state index is 6.01. The first-order valence-corrected chi connectivity index (χ1v) is 7.62. The van der Waals surface area contributed by atoms with Crippen molar-refractivity contribution < 1.29 is 4.74 Å². The Morgan fingerprint density at radius 2 is 2.10 bits per heavy atom. The minimum atomic E-state index is 0.297. The van der Waals surface area contributed by atoms with Gasteiger partial charge in [-0.25, -0.2) is 0 Å². The Kier molecular flexibility index (Phi) is 5.57. The third-order valence-electron chi connectivity index (χ3n) is 4.25. The van der Waals surface area contributed by atoms with Crippen LogP contribution in [-0.2, 0) is 4.74 Å². The van der Waals surface area contributed by atoms with Gasteiger partial charge in [-0.15, -0.1) is 0 Å². The summed E-state index contributed by atoms with van der Waals surface area (Å²) in [6, 6.07) is 0.695. The Labute approximate surface area is 122 Å². The van der Waals surface area contributed by atoms with E-state index in [1.165, 1.54) is 18.4 Å². The molecule has 1 aliphatic heterocycles. The Bertz CT molecular complexity index is 396. The molecule has 2 N–H and O–H groups in total. The second kappa shape index (κ2) is 7.20. The molecule has 1 aromatic rings. The summed E-state index contributed by atoms with van der Waals surface area (Å²) in [5.41, 5.74) is 7.25. The molecule has 1 fully saturated rings. The van der Waals surface area contributed by atoms with E-state index >= 15 is 0 Å². The van der Waals surface area contributed by atoms with Gasteiger partial charge in [0.2, 0.25) is 0 Å². The van der Waals surface area contributed by atoms with Crippen LogP contribution >= 0.6 is 0 Å². The van der Waals surface area contributed by atoms with Crippen molar-refractivity contribution in [3.8, 4) is 0 Å². The fourth-order valence-corrected chi connectivity index (χ4v) is 2.97. The quantitative estimate of drug-likeness (QED) is 0.863.